The van der Waals surface area contributed by atoms with Gasteiger partial charge in [-0.25, -0.2) is 14.7 Å². The van der Waals surface area contributed by atoms with E-state index in [1.165, 1.54) is 6.33 Å². The summed E-state index contributed by atoms with van der Waals surface area (Å²) < 4.78 is 7.76. The third-order valence-corrected chi connectivity index (χ3v) is 4.36. The Morgan fingerprint density at radius 1 is 1.13 bits per heavy atom. The molecule has 0 amide bonds. The van der Waals surface area contributed by atoms with Crippen molar-refractivity contribution in [3.63, 3.8) is 0 Å². The number of nitrogens with one attached hydrogen (secondary N) is 2. The third-order valence-electron chi connectivity index (χ3n) is 4.36. The summed E-state index contributed by atoms with van der Waals surface area (Å²) in [5.41, 5.74) is 3.23. The Balaban J connectivity index is 0.00000320. The second-order valence-corrected chi connectivity index (χ2v) is 6.78. The molecule has 0 spiro atoms. The molecular formula is C22H29IN6O. The maximum absolute atomic E-state index is 6.03. The van der Waals surface area contributed by atoms with Crippen LogP contribution in [0.5, 0.6) is 5.75 Å². The number of nitrogens with zero attached hydrogens (tertiary/aromatic N) is 4. The van der Waals surface area contributed by atoms with Gasteiger partial charge in [-0.1, -0.05) is 30.3 Å². The minimum Gasteiger partial charge on any atom is -0.489 e. The van der Waals surface area contributed by atoms with Crippen LogP contribution in [-0.2, 0) is 6.54 Å². The van der Waals surface area contributed by atoms with Crippen LogP contribution in [0.25, 0.3) is 5.69 Å². The summed E-state index contributed by atoms with van der Waals surface area (Å²) in [4.78, 5) is 8.65. The van der Waals surface area contributed by atoms with Gasteiger partial charge in [0.1, 0.15) is 24.5 Å². The lowest BCUT2D eigenvalue weighted by Crippen LogP contribution is -2.41. The number of para-hydroxylation sites is 1. The Hall–Kier alpha value is -2.62. The molecular weight excluding hydrogens is 491 g/mol. The second kappa shape index (κ2) is 12.2. The largest absolute Gasteiger partial charge is 0.489 e. The molecule has 1 unspecified atom stereocenters. The van der Waals surface area contributed by atoms with Crippen molar-refractivity contribution in [1.82, 2.24) is 25.4 Å². The molecule has 8 heteroatoms. The van der Waals surface area contributed by atoms with Crippen molar-refractivity contribution >= 4 is 29.9 Å². The monoisotopic (exact) mass is 520 g/mol. The molecule has 0 aliphatic rings. The van der Waals surface area contributed by atoms with Gasteiger partial charge in [0.2, 0.25) is 0 Å². The van der Waals surface area contributed by atoms with Gasteiger partial charge in [-0.15, -0.1) is 24.0 Å². The topological polar surface area (TPSA) is 76.4 Å². The number of aryl methyl sites for hydroxylation is 1. The normalized spacial score (nSPS) is 12.0. The van der Waals surface area contributed by atoms with Crippen molar-refractivity contribution in [1.29, 1.82) is 0 Å². The predicted molar refractivity (Wildman–Crippen MR) is 131 cm³/mol. The van der Waals surface area contributed by atoms with E-state index >= 15 is 0 Å². The van der Waals surface area contributed by atoms with Gasteiger partial charge < -0.3 is 15.4 Å². The summed E-state index contributed by atoms with van der Waals surface area (Å²) in [6.45, 7) is 8.19. The molecule has 0 saturated carbocycles. The highest BCUT2D eigenvalue weighted by atomic mass is 127. The first-order valence-electron chi connectivity index (χ1n) is 9.84. The zero-order valence-corrected chi connectivity index (χ0v) is 19.9. The molecule has 2 aromatic carbocycles. The average molecular weight is 520 g/mol. The summed E-state index contributed by atoms with van der Waals surface area (Å²) in [6.07, 6.45) is 3.22. The van der Waals surface area contributed by atoms with Crippen LogP contribution in [0.15, 0.2) is 66.2 Å². The van der Waals surface area contributed by atoms with E-state index in [0.717, 1.165) is 35.1 Å². The Morgan fingerprint density at radius 3 is 2.57 bits per heavy atom. The number of guanidine groups is 1. The van der Waals surface area contributed by atoms with Crippen LogP contribution in [0.3, 0.4) is 0 Å². The van der Waals surface area contributed by atoms with Crippen molar-refractivity contribution in [3.05, 3.63) is 72.3 Å². The minimum atomic E-state index is 0. The third kappa shape index (κ3) is 7.01. The van der Waals surface area contributed by atoms with Crippen LogP contribution in [0.4, 0.5) is 0 Å². The second-order valence-electron chi connectivity index (χ2n) is 6.78. The minimum absolute atomic E-state index is 0. The molecule has 0 aliphatic heterocycles. The van der Waals surface area contributed by atoms with Gasteiger partial charge in [0, 0.05) is 6.54 Å². The number of hydrogen-bond donors (Lipinski definition) is 2. The molecule has 1 aromatic heterocycles. The molecule has 160 valence electrons. The lowest BCUT2D eigenvalue weighted by atomic mass is 10.2. The number of ether oxygens (including phenoxy) is 1. The first-order chi connectivity index (χ1) is 14.2. The Morgan fingerprint density at radius 2 is 1.90 bits per heavy atom. The highest BCUT2D eigenvalue weighted by Crippen LogP contribution is 2.17. The maximum Gasteiger partial charge on any atom is 0.191 e. The van der Waals surface area contributed by atoms with Gasteiger partial charge in [-0.05, 0) is 50.1 Å². The van der Waals surface area contributed by atoms with Crippen LogP contribution in [0, 0.1) is 6.92 Å². The fraction of sp³-hybridized carbons (Fsp3) is 0.318. The number of rotatable bonds is 8. The fourth-order valence-corrected chi connectivity index (χ4v) is 2.80. The lowest BCUT2D eigenvalue weighted by Gasteiger charge is -2.18. The van der Waals surface area contributed by atoms with Crippen molar-refractivity contribution < 1.29 is 4.74 Å². The standard InChI is InChI=1S/C22H28N6O.HI/c1-4-24-22(25-13-18(3)29-21-8-6-5-7-17(21)2)26-14-19-9-11-20(12-10-19)28-16-23-15-27-28;/h5-12,15-16,18H,4,13-14H2,1-3H3,(H2,24,25,26);1H. The number of aromatic nitrogens is 3. The van der Waals surface area contributed by atoms with Crippen LogP contribution >= 0.6 is 24.0 Å². The van der Waals surface area contributed by atoms with Gasteiger partial charge in [0.25, 0.3) is 0 Å². The smallest absolute Gasteiger partial charge is 0.191 e. The highest BCUT2D eigenvalue weighted by molar-refractivity contribution is 14.0. The van der Waals surface area contributed by atoms with E-state index in [1.807, 2.05) is 49.4 Å². The number of aliphatic imine (C=N–C) groups is 1. The van der Waals surface area contributed by atoms with Gasteiger partial charge in [-0.3, -0.25) is 0 Å². The van der Waals surface area contributed by atoms with E-state index in [0.29, 0.717) is 13.1 Å². The zero-order valence-electron chi connectivity index (χ0n) is 17.6. The van der Waals surface area contributed by atoms with E-state index < -0.39 is 0 Å². The van der Waals surface area contributed by atoms with E-state index in [-0.39, 0.29) is 30.1 Å². The Labute approximate surface area is 195 Å². The predicted octanol–water partition coefficient (Wildman–Crippen LogP) is 3.72. The van der Waals surface area contributed by atoms with E-state index in [4.69, 9.17) is 4.74 Å². The van der Waals surface area contributed by atoms with Crippen LogP contribution in [0.2, 0.25) is 0 Å². The summed E-state index contributed by atoms with van der Waals surface area (Å²) in [7, 11) is 0. The average Bonchev–Trinajstić information content (AvgIpc) is 3.27. The molecule has 0 fully saturated rings. The quantitative estimate of drug-likeness (QED) is 0.269. The zero-order chi connectivity index (χ0) is 20.5. The van der Waals surface area contributed by atoms with Crippen molar-refractivity contribution in [2.45, 2.75) is 33.4 Å². The molecule has 1 heterocycles. The molecule has 0 radical (unpaired) electrons. The molecule has 0 saturated heterocycles. The molecule has 30 heavy (non-hydrogen) atoms. The summed E-state index contributed by atoms with van der Waals surface area (Å²) >= 11 is 0. The molecule has 2 N–H and O–H groups in total. The van der Waals surface area contributed by atoms with Crippen LogP contribution < -0.4 is 15.4 Å². The van der Waals surface area contributed by atoms with E-state index in [2.05, 4.69) is 45.6 Å². The van der Waals surface area contributed by atoms with E-state index in [1.54, 1.807) is 11.0 Å². The number of hydrogen-bond acceptors (Lipinski definition) is 4. The van der Waals surface area contributed by atoms with E-state index in [9.17, 15) is 0 Å². The molecule has 0 aliphatic carbocycles. The number of halogens is 1. The van der Waals surface area contributed by atoms with Gasteiger partial charge in [-0.2, -0.15) is 5.10 Å². The van der Waals surface area contributed by atoms with Crippen molar-refractivity contribution in [2.75, 3.05) is 13.1 Å². The molecule has 0 bridgehead atoms. The molecule has 3 rings (SSSR count). The van der Waals surface area contributed by atoms with Gasteiger partial charge >= 0.3 is 0 Å². The first-order valence-corrected chi connectivity index (χ1v) is 9.84. The fourth-order valence-electron chi connectivity index (χ4n) is 2.80. The number of benzene rings is 2. The summed E-state index contributed by atoms with van der Waals surface area (Å²) in [5.74, 6) is 1.68. The summed E-state index contributed by atoms with van der Waals surface area (Å²) in [5, 5.41) is 10.8. The van der Waals surface area contributed by atoms with Gasteiger partial charge in [0.05, 0.1) is 18.8 Å². The van der Waals surface area contributed by atoms with Gasteiger partial charge in [0.15, 0.2) is 5.96 Å². The highest BCUT2D eigenvalue weighted by Gasteiger charge is 2.07. The van der Waals surface area contributed by atoms with Crippen LogP contribution in [0.1, 0.15) is 25.0 Å². The van der Waals surface area contributed by atoms with Crippen molar-refractivity contribution in [3.8, 4) is 11.4 Å². The lowest BCUT2D eigenvalue weighted by molar-refractivity contribution is 0.222. The van der Waals surface area contributed by atoms with Crippen molar-refractivity contribution in [2.24, 2.45) is 4.99 Å². The maximum atomic E-state index is 6.03. The Kier molecular flexibility index (Phi) is 9.59. The Bertz CT molecular complexity index is 912. The first kappa shape index (κ1) is 23.7. The summed E-state index contributed by atoms with van der Waals surface area (Å²) in [6, 6.07) is 16.2. The SMILES string of the molecule is CCNC(=NCc1ccc(-n2cncn2)cc1)NCC(C)Oc1ccccc1C.I. The molecule has 1 atom stereocenters. The molecule has 7 nitrogen and oxygen atoms in total. The van der Waals surface area contributed by atoms with Crippen LogP contribution in [-0.4, -0.2) is 39.9 Å². The molecule has 3 aromatic rings.